The fourth-order valence-electron chi connectivity index (χ4n) is 3.63. The van der Waals surface area contributed by atoms with Gasteiger partial charge in [-0.15, -0.1) is 0 Å². The van der Waals surface area contributed by atoms with Crippen molar-refractivity contribution in [2.45, 2.75) is 12.8 Å². The summed E-state index contributed by atoms with van der Waals surface area (Å²) in [5, 5.41) is 5.20. The Kier molecular flexibility index (Phi) is 6.10. The summed E-state index contributed by atoms with van der Waals surface area (Å²) in [7, 11) is 0. The topological polar surface area (TPSA) is 36.9 Å². The number of rotatable bonds is 5. The molecule has 0 saturated carbocycles. The normalized spacial score (nSPS) is 19.0. The molecule has 0 aromatic heterocycles. The van der Waals surface area contributed by atoms with E-state index < -0.39 is 0 Å². The van der Waals surface area contributed by atoms with Crippen LogP contribution in [0.25, 0.3) is 6.08 Å². The third-order valence-corrected chi connectivity index (χ3v) is 5.25. The van der Waals surface area contributed by atoms with Crippen molar-refractivity contribution in [2.75, 3.05) is 31.7 Å². The second kappa shape index (κ2) is 9.09. The van der Waals surface area contributed by atoms with Crippen LogP contribution >= 0.6 is 11.6 Å². The molecule has 2 aromatic carbocycles. The Labute approximate surface area is 171 Å². The Morgan fingerprint density at radius 3 is 2.46 bits per heavy atom. The molecule has 144 valence electrons. The predicted molar refractivity (Wildman–Crippen MR) is 117 cm³/mol. The number of benzene rings is 2. The molecule has 0 spiro atoms. The monoisotopic (exact) mass is 393 g/mol. The van der Waals surface area contributed by atoms with E-state index >= 15 is 0 Å². The van der Waals surface area contributed by atoms with E-state index in [1.807, 2.05) is 30.5 Å². The van der Waals surface area contributed by atoms with Crippen LogP contribution in [-0.4, -0.2) is 37.4 Å². The highest BCUT2D eigenvalue weighted by atomic mass is 35.5. The lowest BCUT2D eigenvalue weighted by molar-refractivity contribution is 0.0548. The van der Waals surface area contributed by atoms with Crippen LogP contribution < -0.4 is 5.43 Å². The molecule has 1 aliphatic heterocycles. The minimum atomic E-state index is 0.721. The number of allylic oxidation sites excluding steroid dienone is 2. The van der Waals surface area contributed by atoms with Gasteiger partial charge in [0.1, 0.15) is 0 Å². The molecule has 1 fully saturated rings. The number of ether oxygens (including phenoxy) is 1. The van der Waals surface area contributed by atoms with Gasteiger partial charge >= 0.3 is 0 Å². The van der Waals surface area contributed by atoms with Crippen LogP contribution in [0.4, 0.5) is 5.69 Å². The van der Waals surface area contributed by atoms with Crippen LogP contribution in [0.5, 0.6) is 0 Å². The van der Waals surface area contributed by atoms with Crippen molar-refractivity contribution in [3.05, 3.63) is 82.0 Å². The van der Waals surface area contributed by atoms with Crippen molar-refractivity contribution in [2.24, 2.45) is 5.10 Å². The van der Waals surface area contributed by atoms with Crippen molar-refractivity contribution in [3.63, 3.8) is 0 Å². The molecule has 4 rings (SSSR count). The van der Waals surface area contributed by atoms with Crippen LogP contribution in [0.2, 0.25) is 5.02 Å². The standard InChI is InChI=1S/C23H24ClN3O/c24-21-8-10-22(11-9-21)26-25-17-20-7-6-19(16-18-4-2-1-3-5-18)23(20)27-12-14-28-15-13-27/h1-5,8-11,16-17,26H,6-7,12-15H2. The summed E-state index contributed by atoms with van der Waals surface area (Å²) in [4.78, 5) is 2.44. The van der Waals surface area contributed by atoms with Crippen molar-refractivity contribution >= 4 is 29.6 Å². The summed E-state index contributed by atoms with van der Waals surface area (Å²) in [6.07, 6.45) is 6.30. The van der Waals surface area contributed by atoms with E-state index in [0.717, 1.165) is 49.9 Å². The Bertz CT molecular complexity index is 882. The van der Waals surface area contributed by atoms with Crippen LogP contribution in [-0.2, 0) is 4.74 Å². The second-order valence-corrected chi connectivity index (χ2v) is 7.37. The Balaban J connectivity index is 1.58. The number of hydrogen-bond donors (Lipinski definition) is 1. The molecule has 28 heavy (non-hydrogen) atoms. The van der Waals surface area contributed by atoms with Crippen molar-refractivity contribution in [3.8, 4) is 0 Å². The Morgan fingerprint density at radius 2 is 1.71 bits per heavy atom. The van der Waals surface area contributed by atoms with Crippen molar-refractivity contribution < 1.29 is 4.74 Å². The zero-order valence-electron chi connectivity index (χ0n) is 15.8. The lowest BCUT2D eigenvalue weighted by Gasteiger charge is -2.31. The quantitative estimate of drug-likeness (QED) is 0.560. The van der Waals surface area contributed by atoms with Gasteiger partial charge in [0.2, 0.25) is 0 Å². The zero-order valence-corrected chi connectivity index (χ0v) is 16.5. The molecular weight excluding hydrogens is 370 g/mol. The maximum atomic E-state index is 5.94. The van der Waals surface area contributed by atoms with Crippen LogP contribution in [0.3, 0.4) is 0 Å². The maximum Gasteiger partial charge on any atom is 0.0642 e. The minimum Gasteiger partial charge on any atom is -0.378 e. The molecule has 2 aliphatic rings. The number of nitrogens with one attached hydrogen (secondary N) is 1. The van der Waals surface area contributed by atoms with E-state index in [2.05, 4.69) is 51.8 Å². The molecule has 1 N–H and O–H groups in total. The summed E-state index contributed by atoms with van der Waals surface area (Å²) < 4.78 is 5.56. The van der Waals surface area contributed by atoms with Crippen LogP contribution in [0, 0.1) is 0 Å². The fourth-order valence-corrected chi connectivity index (χ4v) is 3.76. The third-order valence-electron chi connectivity index (χ3n) is 5.00. The van der Waals surface area contributed by atoms with Gasteiger partial charge in [-0.3, -0.25) is 5.43 Å². The van der Waals surface area contributed by atoms with Crippen LogP contribution in [0.1, 0.15) is 18.4 Å². The first kappa shape index (κ1) is 18.8. The van der Waals surface area contributed by atoms with Gasteiger partial charge in [-0.05, 0) is 59.9 Å². The Hall–Kier alpha value is -2.56. The summed E-state index contributed by atoms with van der Waals surface area (Å²) in [5.41, 5.74) is 9.22. The molecular formula is C23H24ClN3O. The largest absolute Gasteiger partial charge is 0.378 e. The van der Waals surface area contributed by atoms with Crippen molar-refractivity contribution in [1.82, 2.24) is 4.90 Å². The van der Waals surface area contributed by atoms with Crippen molar-refractivity contribution in [1.29, 1.82) is 0 Å². The Morgan fingerprint density at radius 1 is 0.964 bits per heavy atom. The van der Waals surface area contributed by atoms with E-state index in [1.165, 1.54) is 22.4 Å². The number of nitrogens with zero attached hydrogens (tertiary/aromatic N) is 2. The molecule has 0 amide bonds. The van der Waals surface area contributed by atoms with Gasteiger partial charge in [0.15, 0.2) is 0 Å². The minimum absolute atomic E-state index is 0.721. The van der Waals surface area contributed by atoms with E-state index in [9.17, 15) is 0 Å². The van der Waals surface area contributed by atoms with Gasteiger partial charge in [-0.2, -0.15) is 5.10 Å². The molecule has 1 heterocycles. The summed E-state index contributed by atoms with van der Waals surface area (Å²) in [6, 6.07) is 18.1. The van der Waals surface area contributed by atoms with E-state index in [0.29, 0.717) is 0 Å². The zero-order chi connectivity index (χ0) is 19.2. The molecule has 1 aliphatic carbocycles. The first-order chi connectivity index (χ1) is 13.8. The van der Waals surface area contributed by atoms with Gasteiger partial charge in [0, 0.05) is 23.8 Å². The fraction of sp³-hybridized carbons (Fsp3) is 0.261. The van der Waals surface area contributed by atoms with Gasteiger partial charge in [-0.1, -0.05) is 41.9 Å². The lowest BCUT2D eigenvalue weighted by atomic mass is 10.1. The molecule has 0 atom stereocenters. The molecule has 5 heteroatoms. The number of anilines is 1. The summed E-state index contributed by atoms with van der Waals surface area (Å²) >= 11 is 5.94. The van der Waals surface area contributed by atoms with Gasteiger partial charge in [-0.25, -0.2) is 0 Å². The molecule has 2 aromatic rings. The third kappa shape index (κ3) is 4.64. The number of hydrazone groups is 1. The summed E-state index contributed by atoms with van der Waals surface area (Å²) in [6.45, 7) is 3.39. The number of halogens is 1. The highest BCUT2D eigenvalue weighted by Gasteiger charge is 2.25. The lowest BCUT2D eigenvalue weighted by Crippen LogP contribution is -2.36. The van der Waals surface area contributed by atoms with E-state index in [4.69, 9.17) is 16.3 Å². The van der Waals surface area contributed by atoms with Crippen LogP contribution in [0.15, 0.2) is 76.5 Å². The number of morpholine rings is 1. The average Bonchev–Trinajstić information content (AvgIpc) is 3.13. The molecule has 0 radical (unpaired) electrons. The smallest absolute Gasteiger partial charge is 0.0642 e. The maximum absolute atomic E-state index is 5.94. The average molecular weight is 394 g/mol. The summed E-state index contributed by atoms with van der Waals surface area (Å²) in [5.74, 6) is 0. The second-order valence-electron chi connectivity index (χ2n) is 6.93. The van der Waals surface area contributed by atoms with E-state index in [1.54, 1.807) is 0 Å². The predicted octanol–water partition coefficient (Wildman–Crippen LogP) is 5.20. The first-order valence-electron chi connectivity index (χ1n) is 9.66. The molecule has 1 saturated heterocycles. The van der Waals surface area contributed by atoms with E-state index in [-0.39, 0.29) is 0 Å². The molecule has 4 nitrogen and oxygen atoms in total. The van der Waals surface area contributed by atoms with Gasteiger partial charge in [0.05, 0.1) is 25.1 Å². The molecule has 0 bridgehead atoms. The highest BCUT2D eigenvalue weighted by molar-refractivity contribution is 6.30. The number of hydrogen-bond acceptors (Lipinski definition) is 4. The highest BCUT2D eigenvalue weighted by Crippen LogP contribution is 2.35. The first-order valence-corrected chi connectivity index (χ1v) is 10.0. The molecule has 0 unspecified atom stereocenters. The van der Waals surface area contributed by atoms with Gasteiger partial charge < -0.3 is 9.64 Å². The SMILES string of the molecule is Clc1ccc(NN=CC2=C(N3CCOCC3)C(=Cc3ccccc3)CC2)cc1. The van der Waals surface area contributed by atoms with Gasteiger partial charge in [0.25, 0.3) is 0 Å².